The van der Waals surface area contributed by atoms with Gasteiger partial charge >= 0.3 is 0 Å². The number of hydrogen-bond acceptors (Lipinski definition) is 4. The molecule has 0 fully saturated rings. The van der Waals surface area contributed by atoms with Crippen molar-refractivity contribution in [2.24, 2.45) is 4.99 Å². The monoisotopic (exact) mass is 355 g/mol. The van der Waals surface area contributed by atoms with E-state index in [2.05, 4.69) is 34.7 Å². The fourth-order valence-electron chi connectivity index (χ4n) is 2.69. The highest BCUT2D eigenvalue weighted by atomic mass is 16.5. The number of nitrogens with one attached hydrogen (secondary N) is 2. The molecular weight excluding hydrogens is 326 g/mol. The molecule has 0 saturated heterocycles. The molecule has 1 aromatic heterocycles. The first-order valence-electron chi connectivity index (χ1n) is 8.91. The van der Waals surface area contributed by atoms with Gasteiger partial charge in [-0.2, -0.15) is 0 Å². The molecule has 0 unspecified atom stereocenters. The second-order valence-corrected chi connectivity index (χ2v) is 6.06. The molecule has 2 N–H and O–H groups in total. The largest absolute Gasteiger partial charge is 0.496 e. The smallest absolute Gasteiger partial charge is 0.191 e. The summed E-state index contributed by atoms with van der Waals surface area (Å²) < 4.78 is 5.41. The van der Waals surface area contributed by atoms with Crippen LogP contribution in [0.15, 0.2) is 47.6 Å². The van der Waals surface area contributed by atoms with E-state index >= 15 is 0 Å². The molecule has 0 amide bonds. The summed E-state index contributed by atoms with van der Waals surface area (Å²) in [5, 5.41) is 6.68. The van der Waals surface area contributed by atoms with Crippen molar-refractivity contribution >= 4 is 11.8 Å². The number of nitrogens with zero attached hydrogens (tertiary/aromatic N) is 3. The minimum absolute atomic E-state index is 0.575. The van der Waals surface area contributed by atoms with E-state index in [0.717, 1.165) is 42.6 Å². The second kappa shape index (κ2) is 10.3. The Morgan fingerprint density at radius 2 is 1.88 bits per heavy atom. The summed E-state index contributed by atoms with van der Waals surface area (Å²) in [5.41, 5.74) is 2.28. The van der Waals surface area contributed by atoms with Crippen LogP contribution in [0.3, 0.4) is 0 Å². The van der Waals surface area contributed by atoms with Gasteiger partial charge in [-0.05, 0) is 31.0 Å². The fraction of sp³-hybridized carbons (Fsp3) is 0.400. The number of guanidine groups is 1. The maximum atomic E-state index is 5.41. The number of pyridine rings is 1. The molecule has 0 radical (unpaired) electrons. The van der Waals surface area contributed by atoms with E-state index in [-0.39, 0.29) is 0 Å². The molecule has 1 heterocycles. The van der Waals surface area contributed by atoms with Gasteiger partial charge in [0.15, 0.2) is 5.96 Å². The predicted molar refractivity (Wildman–Crippen MR) is 108 cm³/mol. The Morgan fingerprint density at radius 1 is 1.12 bits per heavy atom. The first-order valence-corrected chi connectivity index (χ1v) is 8.91. The number of ether oxygens (including phenoxy) is 1. The molecule has 6 heteroatoms. The number of rotatable bonds is 8. The molecule has 0 aliphatic heterocycles. The minimum atomic E-state index is 0.575. The van der Waals surface area contributed by atoms with Crippen molar-refractivity contribution in [3.63, 3.8) is 0 Å². The summed E-state index contributed by atoms with van der Waals surface area (Å²) in [6.45, 7) is 4.23. The third-order valence-corrected chi connectivity index (χ3v) is 3.92. The van der Waals surface area contributed by atoms with Crippen LogP contribution in [-0.4, -0.2) is 45.2 Å². The van der Waals surface area contributed by atoms with E-state index in [0.29, 0.717) is 6.54 Å². The van der Waals surface area contributed by atoms with Gasteiger partial charge in [-0.15, -0.1) is 0 Å². The molecule has 0 saturated carbocycles. The van der Waals surface area contributed by atoms with Gasteiger partial charge in [-0.1, -0.05) is 24.3 Å². The van der Waals surface area contributed by atoms with Crippen LogP contribution in [0.1, 0.15) is 18.1 Å². The van der Waals surface area contributed by atoms with Crippen molar-refractivity contribution in [2.45, 2.75) is 19.9 Å². The highest BCUT2D eigenvalue weighted by Crippen LogP contribution is 2.17. The molecule has 26 heavy (non-hydrogen) atoms. The Bertz CT molecular complexity index is 715. The highest BCUT2D eigenvalue weighted by molar-refractivity contribution is 5.79. The standard InChI is InChI=1S/C20H29N5O/c1-5-21-20(23-14-12-16-9-6-7-11-18(16)26-4)24-15-17-10-8-13-22-19(17)25(2)3/h6-11,13H,5,12,14-15H2,1-4H3,(H2,21,23,24). The zero-order chi connectivity index (χ0) is 18.8. The van der Waals surface area contributed by atoms with E-state index < -0.39 is 0 Å². The summed E-state index contributed by atoms with van der Waals surface area (Å²) in [5.74, 6) is 2.67. The normalized spacial score (nSPS) is 11.2. The lowest BCUT2D eigenvalue weighted by Crippen LogP contribution is -2.38. The average molecular weight is 355 g/mol. The van der Waals surface area contributed by atoms with Gasteiger partial charge in [0, 0.05) is 38.9 Å². The van der Waals surface area contributed by atoms with Gasteiger partial charge in [0.25, 0.3) is 0 Å². The lowest BCUT2D eigenvalue weighted by atomic mass is 10.1. The van der Waals surface area contributed by atoms with Gasteiger partial charge in [0.05, 0.1) is 13.7 Å². The molecule has 1 aromatic carbocycles. The van der Waals surface area contributed by atoms with Crippen LogP contribution in [0.5, 0.6) is 5.75 Å². The molecular formula is C20H29N5O. The molecule has 0 aliphatic rings. The van der Waals surface area contributed by atoms with Crippen LogP contribution in [0, 0.1) is 0 Å². The summed E-state index contributed by atoms with van der Waals surface area (Å²) >= 11 is 0. The first kappa shape index (κ1) is 19.6. The first-order chi connectivity index (χ1) is 12.7. The Hall–Kier alpha value is -2.76. The van der Waals surface area contributed by atoms with Crippen LogP contribution in [0.4, 0.5) is 5.82 Å². The van der Waals surface area contributed by atoms with E-state index in [4.69, 9.17) is 9.73 Å². The van der Waals surface area contributed by atoms with Gasteiger partial charge in [-0.3, -0.25) is 0 Å². The maximum Gasteiger partial charge on any atom is 0.191 e. The SMILES string of the molecule is CCNC(=NCc1cccnc1N(C)C)NCCc1ccccc1OC. The number of para-hydroxylation sites is 1. The van der Waals surface area contributed by atoms with Crippen LogP contribution in [0.2, 0.25) is 0 Å². The summed E-state index contributed by atoms with van der Waals surface area (Å²) in [7, 11) is 5.69. The number of hydrogen-bond donors (Lipinski definition) is 2. The van der Waals surface area contributed by atoms with Gasteiger partial charge in [0.2, 0.25) is 0 Å². The van der Waals surface area contributed by atoms with Crippen LogP contribution >= 0.6 is 0 Å². The second-order valence-electron chi connectivity index (χ2n) is 6.06. The Morgan fingerprint density at radius 3 is 2.62 bits per heavy atom. The number of anilines is 1. The molecule has 140 valence electrons. The molecule has 6 nitrogen and oxygen atoms in total. The summed E-state index contributed by atoms with van der Waals surface area (Å²) in [6, 6.07) is 12.1. The number of aromatic nitrogens is 1. The van der Waals surface area contributed by atoms with Crippen LogP contribution < -0.4 is 20.3 Å². The topological polar surface area (TPSA) is 61.8 Å². The Kier molecular flexibility index (Phi) is 7.74. The van der Waals surface area contributed by atoms with Crippen molar-refractivity contribution < 1.29 is 4.74 Å². The molecule has 0 bridgehead atoms. The predicted octanol–water partition coefficient (Wildman–Crippen LogP) is 2.45. The third kappa shape index (κ3) is 5.65. The van der Waals surface area contributed by atoms with Crippen molar-refractivity contribution in [3.05, 3.63) is 53.7 Å². The van der Waals surface area contributed by atoms with E-state index in [9.17, 15) is 0 Å². The van der Waals surface area contributed by atoms with Crippen LogP contribution in [0.25, 0.3) is 0 Å². The zero-order valence-electron chi connectivity index (χ0n) is 16.1. The Labute approximate surface area is 156 Å². The number of aliphatic imine (C=N–C) groups is 1. The van der Waals surface area contributed by atoms with E-state index in [1.807, 2.05) is 43.3 Å². The average Bonchev–Trinajstić information content (AvgIpc) is 2.66. The van der Waals surface area contributed by atoms with Gasteiger partial charge in [0.1, 0.15) is 11.6 Å². The molecule has 2 rings (SSSR count). The summed E-state index contributed by atoms with van der Waals surface area (Å²) in [4.78, 5) is 11.1. The maximum absolute atomic E-state index is 5.41. The zero-order valence-corrected chi connectivity index (χ0v) is 16.1. The van der Waals surface area contributed by atoms with Crippen LogP contribution in [-0.2, 0) is 13.0 Å². The number of methoxy groups -OCH3 is 1. The quantitative estimate of drug-likeness (QED) is 0.563. The van der Waals surface area contributed by atoms with Gasteiger partial charge < -0.3 is 20.3 Å². The molecule has 0 aliphatic carbocycles. The summed E-state index contributed by atoms with van der Waals surface area (Å²) in [6.07, 6.45) is 2.67. The molecule has 0 spiro atoms. The van der Waals surface area contributed by atoms with Crippen molar-refractivity contribution in [3.8, 4) is 5.75 Å². The van der Waals surface area contributed by atoms with Gasteiger partial charge in [-0.25, -0.2) is 9.98 Å². The lowest BCUT2D eigenvalue weighted by Gasteiger charge is -2.16. The number of benzene rings is 1. The molecule has 2 aromatic rings. The highest BCUT2D eigenvalue weighted by Gasteiger charge is 2.06. The van der Waals surface area contributed by atoms with Crippen molar-refractivity contribution in [1.29, 1.82) is 0 Å². The fourth-order valence-corrected chi connectivity index (χ4v) is 2.69. The third-order valence-electron chi connectivity index (χ3n) is 3.92. The van der Waals surface area contributed by atoms with E-state index in [1.54, 1.807) is 13.3 Å². The van der Waals surface area contributed by atoms with E-state index in [1.165, 1.54) is 5.56 Å². The Balaban J connectivity index is 1.99. The van der Waals surface area contributed by atoms with Crippen molar-refractivity contribution in [1.82, 2.24) is 15.6 Å². The molecule has 0 atom stereocenters. The van der Waals surface area contributed by atoms with Crippen molar-refractivity contribution in [2.75, 3.05) is 39.2 Å². The lowest BCUT2D eigenvalue weighted by molar-refractivity contribution is 0.409. The minimum Gasteiger partial charge on any atom is -0.496 e.